The molecular weight excluding hydrogens is 116 g/mol. The lowest BCUT2D eigenvalue weighted by molar-refractivity contribution is -0.122. The van der Waals surface area contributed by atoms with Gasteiger partial charge >= 0.3 is 0 Å². The van der Waals surface area contributed by atoms with E-state index < -0.39 is 0 Å². The monoisotopic (exact) mass is 126 g/mol. The van der Waals surface area contributed by atoms with Crippen LogP contribution in [0, 0.1) is 11.8 Å². The van der Waals surface area contributed by atoms with Gasteiger partial charge in [0.05, 0.1) is 6.42 Å². The van der Waals surface area contributed by atoms with E-state index in [4.69, 9.17) is 0 Å². The molecule has 0 aromatic rings. The predicted octanol–water partition coefficient (Wildman–Crippen LogP) is 0.800. The summed E-state index contributed by atoms with van der Waals surface area (Å²) in [7, 11) is 0. The van der Waals surface area contributed by atoms with Gasteiger partial charge in [-0.3, -0.25) is 9.59 Å². The smallest absolute Gasteiger partial charge is 0.143 e. The SMILES string of the molecule is CC1C(=O)CC(=O)C1C. The molecular formula is C7H10O2. The first-order valence-corrected chi connectivity index (χ1v) is 3.18. The molecule has 0 bridgehead atoms. The first kappa shape index (κ1) is 6.46. The zero-order valence-electron chi connectivity index (χ0n) is 5.68. The fraction of sp³-hybridized carbons (Fsp3) is 0.714. The summed E-state index contributed by atoms with van der Waals surface area (Å²) in [6.45, 7) is 3.63. The Kier molecular flexibility index (Phi) is 1.39. The molecule has 2 atom stereocenters. The van der Waals surface area contributed by atoms with Gasteiger partial charge in [0.2, 0.25) is 0 Å². The Morgan fingerprint density at radius 2 is 1.44 bits per heavy atom. The predicted molar refractivity (Wildman–Crippen MR) is 33.0 cm³/mol. The van der Waals surface area contributed by atoms with E-state index in [1.807, 2.05) is 13.8 Å². The summed E-state index contributed by atoms with van der Waals surface area (Å²) in [6.07, 6.45) is 0.169. The van der Waals surface area contributed by atoms with Gasteiger partial charge in [-0.2, -0.15) is 0 Å². The number of ketones is 2. The molecule has 0 aromatic carbocycles. The van der Waals surface area contributed by atoms with Crippen molar-refractivity contribution in [1.29, 1.82) is 0 Å². The molecule has 0 aliphatic heterocycles. The van der Waals surface area contributed by atoms with Crippen LogP contribution in [0.15, 0.2) is 0 Å². The summed E-state index contributed by atoms with van der Waals surface area (Å²) in [5, 5.41) is 0. The van der Waals surface area contributed by atoms with Gasteiger partial charge in [-0.15, -0.1) is 0 Å². The van der Waals surface area contributed by atoms with Crippen LogP contribution in [0.1, 0.15) is 20.3 Å². The Morgan fingerprint density at radius 1 is 1.11 bits per heavy atom. The fourth-order valence-corrected chi connectivity index (χ4v) is 1.05. The van der Waals surface area contributed by atoms with Crippen molar-refractivity contribution in [2.24, 2.45) is 11.8 Å². The quantitative estimate of drug-likeness (QED) is 0.450. The van der Waals surface area contributed by atoms with Gasteiger partial charge in [-0.05, 0) is 0 Å². The van der Waals surface area contributed by atoms with Crippen molar-refractivity contribution < 1.29 is 9.59 Å². The second kappa shape index (κ2) is 1.94. The largest absolute Gasteiger partial charge is 0.299 e. The van der Waals surface area contributed by atoms with Gasteiger partial charge in [-0.1, -0.05) is 13.8 Å². The molecule has 1 fully saturated rings. The van der Waals surface area contributed by atoms with E-state index in [1.165, 1.54) is 0 Å². The van der Waals surface area contributed by atoms with Crippen molar-refractivity contribution in [2.75, 3.05) is 0 Å². The highest BCUT2D eigenvalue weighted by Crippen LogP contribution is 2.23. The molecule has 0 aromatic heterocycles. The third-order valence-corrected chi connectivity index (χ3v) is 2.11. The standard InChI is InChI=1S/C7H10O2/c1-4-5(2)7(9)3-6(4)8/h4-5H,3H2,1-2H3. The van der Waals surface area contributed by atoms with Crippen LogP contribution in [0.3, 0.4) is 0 Å². The summed E-state index contributed by atoms with van der Waals surface area (Å²) >= 11 is 0. The minimum absolute atomic E-state index is 0.0301. The summed E-state index contributed by atoms with van der Waals surface area (Å²) in [5.74, 6) is 0.148. The van der Waals surface area contributed by atoms with E-state index in [1.54, 1.807) is 0 Å². The molecule has 1 aliphatic rings. The highest BCUT2D eigenvalue weighted by molar-refractivity contribution is 6.08. The maximum atomic E-state index is 10.8. The molecule has 0 N–H and O–H groups in total. The van der Waals surface area contributed by atoms with Gasteiger partial charge in [0.15, 0.2) is 0 Å². The number of carbonyl (C=O) groups is 2. The van der Waals surface area contributed by atoms with E-state index in [0.717, 1.165) is 0 Å². The van der Waals surface area contributed by atoms with Gasteiger partial charge in [0.25, 0.3) is 0 Å². The third-order valence-electron chi connectivity index (χ3n) is 2.11. The third kappa shape index (κ3) is 0.889. The zero-order valence-corrected chi connectivity index (χ0v) is 5.68. The second-order valence-corrected chi connectivity index (χ2v) is 2.69. The summed E-state index contributed by atoms with van der Waals surface area (Å²) < 4.78 is 0. The number of Topliss-reactive ketones (excluding diaryl/α,β-unsaturated/α-hetero) is 2. The molecule has 0 heterocycles. The van der Waals surface area contributed by atoms with Crippen LogP contribution in [0.25, 0.3) is 0 Å². The van der Waals surface area contributed by atoms with Crippen LogP contribution >= 0.6 is 0 Å². The van der Waals surface area contributed by atoms with Gasteiger partial charge in [0.1, 0.15) is 11.6 Å². The average Bonchev–Trinajstić information content (AvgIpc) is 1.98. The molecule has 2 heteroatoms. The first-order valence-electron chi connectivity index (χ1n) is 3.18. The van der Waals surface area contributed by atoms with Crippen molar-refractivity contribution in [1.82, 2.24) is 0 Å². The highest BCUT2D eigenvalue weighted by atomic mass is 16.2. The first-order chi connectivity index (χ1) is 4.13. The molecule has 0 saturated heterocycles. The Labute approximate surface area is 54.2 Å². The van der Waals surface area contributed by atoms with Crippen LogP contribution in [0.4, 0.5) is 0 Å². The molecule has 1 rings (SSSR count). The summed E-state index contributed by atoms with van der Waals surface area (Å²) in [5.41, 5.74) is 0. The van der Waals surface area contributed by atoms with Crippen LogP contribution in [0.2, 0.25) is 0 Å². The van der Waals surface area contributed by atoms with Crippen molar-refractivity contribution in [3.05, 3.63) is 0 Å². The zero-order chi connectivity index (χ0) is 7.02. The molecule has 0 amide bonds. The molecule has 1 aliphatic carbocycles. The number of rotatable bonds is 0. The topological polar surface area (TPSA) is 34.1 Å². The molecule has 50 valence electrons. The lowest BCUT2D eigenvalue weighted by atomic mass is 10.00. The van der Waals surface area contributed by atoms with Gasteiger partial charge in [-0.25, -0.2) is 0 Å². The minimum atomic E-state index is -0.0301. The fourth-order valence-electron chi connectivity index (χ4n) is 1.05. The van der Waals surface area contributed by atoms with E-state index >= 15 is 0 Å². The van der Waals surface area contributed by atoms with E-state index in [-0.39, 0.29) is 29.8 Å². The number of hydrogen-bond donors (Lipinski definition) is 0. The summed E-state index contributed by atoms with van der Waals surface area (Å²) in [6, 6.07) is 0. The highest BCUT2D eigenvalue weighted by Gasteiger charge is 2.34. The molecule has 2 unspecified atom stereocenters. The van der Waals surface area contributed by atoms with Gasteiger partial charge < -0.3 is 0 Å². The molecule has 0 radical (unpaired) electrons. The lowest BCUT2D eigenvalue weighted by Gasteiger charge is -2.02. The van der Waals surface area contributed by atoms with Crippen molar-refractivity contribution >= 4 is 11.6 Å². The van der Waals surface area contributed by atoms with Crippen LogP contribution in [-0.4, -0.2) is 11.6 Å². The van der Waals surface area contributed by atoms with E-state index in [2.05, 4.69) is 0 Å². The minimum Gasteiger partial charge on any atom is -0.299 e. The Balaban J connectivity index is 2.77. The normalized spacial score (nSPS) is 35.8. The Bertz CT molecular complexity index is 142. The van der Waals surface area contributed by atoms with Crippen LogP contribution < -0.4 is 0 Å². The number of hydrogen-bond acceptors (Lipinski definition) is 2. The molecule has 2 nitrogen and oxygen atoms in total. The van der Waals surface area contributed by atoms with Crippen LogP contribution in [0.5, 0.6) is 0 Å². The Morgan fingerprint density at radius 3 is 1.56 bits per heavy atom. The van der Waals surface area contributed by atoms with Crippen molar-refractivity contribution in [3.8, 4) is 0 Å². The Hall–Kier alpha value is -0.660. The molecule has 9 heavy (non-hydrogen) atoms. The van der Waals surface area contributed by atoms with E-state index in [0.29, 0.717) is 0 Å². The lowest BCUT2D eigenvalue weighted by Crippen LogP contribution is -2.09. The maximum absolute atomic E-state index is 10.8. The maximum Gasteiger partial charge on any atom is 0.143 e. The average molecular weight is 126 g/mol. The van der Waals surface area contributed by atoms with E-state index in [9.17, 15) is 9.59 Å². The molecule has 0 spiro atoms. The van der Waals surface area contributed by atoms with Crippen molar-refractivity contribution in [3.63, 3.8) is 0 Å². The summed E-state index contributed by atoms with van der Waals surface area (Å²) in [4.78, 5) is 21.5. The second-order valence-electron chi connectivity index (χ2n) is 2.69. The van der Waals surface area contributed by atoms with Crippen LogP contribution in [-0.2, 0) is 9.59 Å². The van der Waals surface area contributed by atoms with Crippen molar-refractivity contribution in [2.45, 2.75) is 20.3 Å². The van der Waals surface area contributed by atoms with Gasteiger partial charge in [0, 0.05) is 11.8 Å². The number of carbonyl (C=O) groups excluding carboxylic acids is 2. The molecule has 1 saturated carbocycles.